The van der Waals surface area contributed by atoms with E-state index in [0.29, 0.717) is 13.2 Å². The first-order chi connectivity index (χ1) is 11.8. The standard InChI is InChI=1S/C21H19NO2/c23-21(22-13-14-24-17-6-2-1-3-7-17)19-12-11-16-10-9-15-5-4-8-18(19)20(15)16/h1-8,11-12H,9-10,13-14H2,(H,22,23). The van der Waals surface area contributed by atoms with Gasteiger partial charge < -0.3 is 10.1 Å². The Balaban J connectivity index is 1.45. The molecule has 3 aromatic rings. The van der Waals surface area contributed by atoms with Crippen molar-refractivity contribution in [1.82, 2.24) is 5.32 Å². The molecule has 0 fully saturated rings. The topological polar surface area (TPSA) is 38.3 Å². The van der Waals surface area contributed by atoms with Crippen LogP contribution in [0.1, 0.15) is 21.5 Å². The zero-order chi connectivity index (χ0) is 16.4. The van der Waals surface area contributed by atoms with Gasteiger partial charge in [0.25, 0.3) is 5.91 Å². The fourth-order valence-corrected chi connectivity index (χ4v) is 3.39. The van der Waals surface area contributed by atoms with Crippen LogP contribution in [-0.2, 0) is 12.8 Å². The number of amides is 1. The van der Waals surface area contributed by atoms with E-state index in [4.69, 9.17) is 4.74 Å². The Morgan fingerprint density at radius 3 is 2.54 bits per heavy atom. The third-order valence-electron chi connectivity index (χ3n) is 4.52. The molecule has 4 rings (SSSR count). The molecule has 0 saturated heterocycles. The molecule has 1 aliphatic rings. The normalized spacial score (nSPS) is 12.3. The summed E-state index contributed by atoms with van der Waals surface area (Å²) in [4.78, 5) is 12.5. The molecule has 0 aromatic heterocycles. The minimum Gasteiger partial charge on any atom is -0.492 e. The predicted octanol–water partition coefficient (Wildman–Crippen LogP) is 3.75. The average molecular weight is 317 g/mol. The van der Waals surface area contributed by atoms with E-state index < -0.39 is 0 Å². The maximum Gasteiger partial charge on any atom is 0.252 e. The number of para-hydroxylation sites is 1. The summed E-state index contributed by atoms with van der Waals surface area (Å²) in [7, 11) is 0. The second-order valence-corrected chi connectivity index (χ2v) is 6.03. The third-order valence-corrected chi connectivity index (χ3v) is 4.52. The van der Waals surface area contributed by atoms with Gasteiger partial charge in [0.15, 0.2) is 0 Å². The van der Waals surface area contributed by atoms with E-state index in [1.165, 1.54) is 16.5 Å². The second kappa shape index (κ2) is 6.36. The highest BCUT2D eigenvalue weighted by Crippen LogP contribution is 2.32. The van der Waals surface area contributed by atoms with Crippen molar-refractivity contribution >= 4 is 16.7 Å². The summed E-state index contributed by atoms with van der Waals surface area (Å²) in [6, 6.07) is 19.9. The Bertz CT molecular complexity index is 877. The Hall–Kier alpha value is -2.81. The predicted molar refractivity (Wildman–Crippen MR) is 95.6 cm³/mol. The molecule has 1 aliphatic carbocycles. The van der Waals surface area contributed by atoms with E-state index in [0.717, 1.165) is 29.5 Å². The van der Waals surface area contributed by atoms with Crippen LogP contribution in [0.4, 0.5) is 0 Å². The van der Waals surface area contributed by atoms with Gasteiger partial charge in [-0.1, -0.05) is 42.5 Å². The van der Waals surface area contributed by atoms with Gasteiger partial charge in [-0.25, -0.2) is 0 Å². The van der Waals surface area contributed by atoms with Crippen LogP contribution in [0.25, 0.3) is 10.8 Å². The molecule has 0 aliphatic heterocycles. The number of ether oxygens (including phenoxy) is 1. The summed E-state index contributed by atoms with van der Waals surface area (Å²) in [6.45, 7) is 0.938. The molecule has 24 heavy (non-hydrogen) atoms. The van der Waals surface area contributed by atoms with Crippen LogP contribution in [0.2, 0.25) is 0 Å². The van der Waals surface area contributed by atoms with E-state index in [9.17, 15) is 4.79 Å². The molecule has 1 amide bonds. The number of rotatable bonds is 5. The maximum atomic E-state index is 12.5. The fourth-order valence-electron chi connectivity index (χ4n) is 3.39. The Kier molecular flexibility index (Phi) is 3.91. The number of nitrogens with one attached hydrogen (secondary N) is 1. The van der Waals surface area contributed by atoms with E-state index in [1.54, 1.807) is 0 Å². The molecular weight excluding hydrogens is 298 g/mol. The minimum absolute atomic E-state index is 0.0396. The fraction of sp³-hybridized carbons (Fsp3) is 0.190. The average Bonchev–Trinajstić information content (AvgIpc) is 3.05. The van der Waals surface area contributed by atoms with Gasteiger partial charge in [0.05, 0.1) is 6.54 Å². The van der Waals surface area contributed by atoms with Crippen LogP contribution < -0.4 is 10.1 Å². The van der Waals surface area contributed by atoms with Crippen molar-refractivity contribution in [3.8, 4) is 5.75 Å². The number of aryl methyl sites for hydroxylation is 2. The molecule has 1 N–H and O–H groups in total. The first kappa shape index (κ1) is 14.8. The van der Waals surface area contributed by atoms with Crippen molar-refractivity contribution in [2.24, 2.45) is 0 Å². The lowest BCUT2D eigenvalue weighted by Gasteiger charge is -2.10. The number of benzene rings is 3. The molecule has 0 heterocycles. The SMILES string of the molecule is O=C(NCCOc1ccccc1)c1ccc2c3c(cccc13)CC2. The highest BCUT2D eigenvalue weighted by Gasteiger charge is 2.18. The van der Waals surface area contributed by atoms with Crippen molar-refractivity contribution in [1.29, 1.82) is 0 Å². The van der Waals surface area contributed by atoms with Gasteiger partial charge in [0.1, 0.15) is 12.4 Å². The van der Waals surface area contributed by atoms with Crippen molar-refractivity contribution in [3.05, 3.63) is 77.4 Å². The Morgan fingerprint density at radius 1 is 0.917 bits per heavy atom. The molecule has 3 heteroatoms. The van der Waals surface area contributed by atoms with E-state index in [1.807, 2.05) is 48.5 Å². The lowest BCUT2D eigenvalue weighted by atomic mass is 9.99. The number of carbonyl (C=O) groups excluding carboxylic acids is 1. The zero-order valence-corrected chi connectivity index (χ0v) is 13.4. The van der Waals surface area contributed by atoms with Crippen LogP contribution in [0.15, 0.2) is 60.7 Å². The molecular formula is C21H19NO2. The summed E-state index contributed by atoms with van der Waals surface area (Å²) < 4.78 is 5.61. The largest absolute Gasteiger partial charge is 0.492 e. The highest BCUT2D eigenvalue weighted by molar-refractivity contribution is 6.09. The molecule has 3 nitrogen and oxygen atoms in total. The van der Waals surface area contributed by atoms with Crippen molar-refractivity contribution < 1.29 is 9.53 Å². The Morgan fingerprint density at radius 2 is 1.71 bits per heavy atom. The molecule has 120 valence electrons. The molecule has 0 atom stereocenters. The van der Waals surface area contributed by atoms with Crippen LogP contribution in [0.3, 0.4) is 0 Å². The molecule has 3 aromatic carbocycles. The van der Waals surface area contributed by atoms with Gasteiger partial charge in [-0.15, -0.1) is 0 Å². The molecule has 0 saturated carbocycles. The monoisotopic (exact) mass is 317 g/mol. The molecule has 0 bridgehead atoms. The number of hydrogen-bond donors (Lipinski definition) is 1. The van der Waals surface area contributed by atoms with Gasteiger partial charge in [-0.05, 0) is 52.9 Å². The Labute approximate surface area is 141 Å². The van der Waals surface area contributed by atoms with Crippen LogP contribution in [0, 0.1) is 0 Å². The van der Waals surface area contributed by atoms with Gasteiger partial charge in [0.2, 0.25) is 0 Å². The van der Waals surface area contributed by atoms with E-state index >= 15 is 0 Å². The van der Waals surface area contributed by atoms with Crippen molar-refractivity contribution in [3.63, 3.8) is 0 Å². The van der Waals surface area contributed by atoms with Crippen LogP contribution >= 0.6 is 0 Å². The number of hydrogen-bond acceptors (Lipinski definition) is 2. The highest BCUT2D eigenvalue weighted by atomic mass is 16.5. The molecule has 0 spiro atoms. The maximum absolute atomic E-state index is 12.5. The number of carbonyl (C=O) groups is 1. The first-order valence-corrected chi connectivity index (χ1v) is 8.32. The first-order valence-electron chi connectivity index (χ1n) is 8.32. The van der Waals surface area contributed by atoms with Gasteiger partial charge in [-0.2, -0.15) is 0 Å². The van der Waals surface area contributed by atoms with Gasteiger partial charge >= 0.3 is 0 Å². The van der Waals surface area contributed by atoms with Crippen LogP contribution in [-0.4, -0.2) is 19.1 Å². The van der Waals surface area contributed by atoms with Crippen LogP contribution in [0.5, 0.6) is 5.75 Å². The van der Waals surface area contributed by atoms with Gasteiger partial charge in [0, 0.05) is 5.56 Å². The lowest BCUT2D eigenvalue weighted by molar-refractivity contribution is 0.0948. The quantitative estimate of drug-likeness (QED) is 0.728. The minimum atomic E-state index is -0.0396. The third kappa shape index (κ3) is 2.73. The second-order valence-electron chi connectivity index (χ2n) is 6.03. The smallest absolute Gasteiger partial charge is 0.252 e. The zero-order valence-electron chi connectivity index (χ0n) is 13.4. The molecule has 0 radical (unpaired) electrons. The lowest BCUT2D eigenvalue weighted by Crippen LogP contribution is -2.28. The summed E-state index contributed by atoms with van der Waals surface area (Å²) >= 11 is 0. The van der Waals surface area contributed by atoms with Crippen molar-refractivity contribution in [2.45, 2.75) is 12.8 Å². The van der Waals surface area contributed by atoms with E-state index in [2.05, 4.69) is 17.4 Å². The summed E-state index contributed by atoms with van der Waals surface area (Å²) in [5.74, 6) is 0.777. The summed E-state index contributed by atoms with van der Waals surface area (Å²) in [5.41, 5.74) is 3.45. The van der Waals surface area contributed by atoms with Crippen molar-refractivity contribution in [2.75, 3.05) is 13.2 Å². The summed E-state index contributed by atoms with van der Waals surface area (Å²) in [5, 5.41) is 5.29. The van der Waals surface area contributed by atoms with Gasteiger partial charge in [-0.3, -0.25) is 4.79 Å². The van der Waals surface area contributed by atoms with E-state index in [-0.39, 0.29) is 5.91 Å². The summed E-state index contributed by atoms with van der Waals surface area (Å²) in [6.07, 6.45) is 2.14. The molecule has 0 unspecified atom stereocenters.